The average Bonchev–Trinajstić information content (AvgIpc) is 2.33. The summed E-state index contributed by atoms with van der Waals surface area (Å²) < 4.78 is 6.13. The number of halogens is 1. The lowest BCUT2D eigenvalue weighted by atomic mass is 10.00. The van der Waals surface area contributed by atoms with Gasteiger partial charge in [-0.1, -0.05) is 6.07 Å². The Balaban J connectivity index is 2.81. The van der Waals surface area contributed by atoms with Crippen molar-refractivity contribution in [1.82, 2.24) is 4.90 Å². The third kappa shape index (κ3) is 4.84. The first-order valence-corrected chi connectivity index (χ1v) is 6.96. The van der Waals surface area contributed by atoms with Crippen molar-refractivity contribution in [2.24, 2.45) is 0 Å². The van der Waals surface area contributed by atoms with Gasteiger partial charge in [0.1, 0.15) is 5.75 Å². The van der Waals surface area contributed by atoms with Crippen LogP contribution < -0.4 is 4.74 Å². The number of ether oxygens (including phenoxy) is 1. The number of carboxylic acid groups (broad SMARTS) is 1. The number of benzene rings is 1. The molecule has 0 radical (unpaired) electrons. The van der Waals surface area contributed by atoms with Crippen LogP contribution in [0, 0.1) is 0 Å². The van der Waals surface area contributed by atoms with Gasteiger partial charge in [-0.25, -0.2) is 0 Å². The molecule has 1 aromatic carbocycles. The van der Waals surface area contributed by atoms with E-state index in [2.05, 4.69) is 20.8 Å². The third-order valence-corrected chi connectivity index (χ3v) is 3.67. The van der Waals surface area contributed by atoms with E-state index in [-0.39, 0.29) is 12.5 Å². The van der Waals surface area contributed by atoms with Gasteiger partial charge in [0.05, 0.1) is 11.6 Å². The van der Waals surface area contributed by atoms with Gasteiger partial charge in [-0.05, 0) is 60.6 Å². The Morgan fingerprint density at radius 3 is 2.63 bits per heavy atom. The number of aliphatic carboxylic acids is 1. The maximum absolute atomic E-state index is 10.6. The Morgan fingerprint density at radius 1 is 1.47 bits per heavy atom. The molecule has 0 saturated carbocycles. The van der Waals surface area contributed by atoms with Crippen LogP contribution in [-0.2, 0) is 4.79 Å². The van der Waals surface area contributed by atoms with E-state index < -0.39 is 5.97 Å². The number of hydrogen-bond acceptors (Lipinski definition) is 3. The van der Waals surface area contributed by atoms with Gasteiger partial charge >= 0.3 is 5.97 Å². The number of nitrogens with zero attached hydrogens (tertiary/aromatic N) is 1. The first-order chi connectivity index (χ1) is 8.95. The fraction of sp³-hybridized carbons (Fsp3) is 0.500. The van der Waals surface area contributed by atoms with Crippen molar-refractivity contribution < 1.29 is 14.6 Å². The SMILES string of the molecule is COc1ccc(C(CCCC(=O)O)N(C)C)cc1Br. The highest BCUT2D eigenvalue weighted by molar-refractivity contribution is 9.10. The van der Waals surface area contributed by atoms with E-state index in [4.69, 9.17) is 9.84 Å². The fourth-order valence-corrected chi connectivity index (χ4v) is 2.62. The van der Waals surface area contributed by atoms with E-state index in [1.807, 2.05) is 32.3 Å². The van der Waals surface area contributed by atoms with Gasteiger partial charge in [0.25, 0.3) is 0 Å². The summed E-state index contributed by atoms with van der Waals surface area (Å²) >= 11 is 3.48. The predicted octanol–water partition coefficient (Wildman–Crippen LogP) is 3.32. The molecule has 0 bridgehead atoms. The van der Waals surface area contributed by atoms with Crippen LogP contribution in [0.5, 0.6) is 5.75 Å². The molecule has 0 fully saturated rings. The lowest BCUT2D eigenvalue weighted by Crippen LogP contribution is -2.20. The summed E-state index contributed by atoms with van der Waals surface area (Å²) in [7, 11) is 5.64. The van der Waals surface area contributed by atoms with Gasteiger partial charge in [0.15, 0.2) is 0 Å². The summed E-state index contributed by atoms with van der Waals surface area (Å²) in [5.41, 5.74) is 1.16. The molecule has 1 atom stereocenters. The standard InChI is InChI=1S/C14H20BrNO3/c1-16(2)12(5-4-6-14(17)18)10-7-8-13(19-3)11(15)9-10/h7-9,12H,4-6H2,1-3H3,(H,17,18). The van der Waals surface area contributed by atoms with Crippen LogP contribution >= 0.6 is 15.9 Å². The lowest BCUT2D eigenvalue weighted by molar-refractivity contribution is -0.137. The smallest absolute Gasteiger partial charge is 0.303 e. The van der Waals surface area contributed by atoms with E-state index in [1.54, 1.807) is 7.11 Å². The zero-order valence-corrected chi connectivity index (χ0v) is 13.1. The molecule has 1 rings (SSSR count). The zero-order valence-electron chi connectivity index (χ0n) is 11.5. The van der Waals surface area contributed by atoms with E-state index >= 15 is 0 Å². The highest BCUT2D eigenvalue weighted by Gasteiger charge is 2.16. The molecule has 0 saturated heterocycles. The monoisotopic (exact) mass is 329 g/mol. The van der Waals surface area contributed by atoms with Crippen molar-refractivity contribution in [3.63, 3.8) is 0 Å². The third-order valence-electron chi connectivity index (χ3n) is 3.05. The van der Waals surface area contributed by atoms with Crippen LogP contribution in [0.15, 0.2) is 22.7 Å². The molecule has 1 unspecified atom stereocenters. The average molecular weight is 330 g/mol. The van der Waals surface area contributed by atoms with E-state index in [1.165, 1.54) is 0 Å². The van der Waals surface area contributed by atoms with Crippen LogP contribution in [0.4, 0.5) is 0 Å². The number of carboxylic acids is 1. The molecule has 106 valence electrons. The van der Waals surface area contributed by atoms with Crippen molar-refractivity contribution >= 4 is 21.9 Å². The second-order valence-corrected chi connectivity index (χ2v) is 5.51. The van der Waals surface area contributed by atoms with Crippen LogP contribution in [0.2, 0.25) is 0 Å². The van der Waals surface area contributed by atoms with Crippen molar-refractivity contribution in [2.75, 3.05) is 21.2 Å². The molecule has 0 aliphatic rings. The summed E-state index contributed by atoms with van der Waals surface area (Å²) in [6.07, 6.45) is 1.70. The minimum Gasteiger partial charge on any atom is -0.496 e. The quantitative estimate of drug-likeness (QED) is 0.833. The Labute approximate surface area is 122 Å². The summed E-state index contributed by atoms with van der Waals surface area (Å²) in [5, 5.41) is 8.71. The van der Waals surface area contributed by atoms with Crippen LogP contribution in [0.3, 0.4) is 0 Å². The molecule has 0 amide bonds. The number of methoxy groups -OCH3 is 1. The Kier molecular flexibility index (Phi) is 6.31. The van der Waals surface area contributed by atoms with Crippen molar-refractivity contribution in [3.8, 4) is 5.75 Å². The second kappa shape index (κ2) is 7.50. The minimum atomic E-state index is -0.742. The molecule has 5 heteroatoms. The van der Waals surface area contributed by atoms with Crippen molar-refractivity contribution in [3.05, 3.63) is 28.2 Å². The van der Waals surface area contributed by atoms with Crippen LogP contribution in [0.25, 0.3) is 0 Å². The summed E-state index contributed by atoms with van der Waals surface area (Å²) in [6, 6.07) is 6.19. The van der Waals surface area contributed by atoms with E-state index in [0.29, 0.717) is 6.42 Å². The van der Waals surface area contributed by atoms with E-state index in [9.17, 15) is 4.79 Å². The first kappa shape index (κ1) is 16.0. The summed E-state index contributed by atoms with van der Waals surface area (Å²) in [5.74, 6) is 0.0557. The Morgan fingerprint density at radius 2 is 2.16 bits per heavy atom. The maximum atomic E-state index is 10.6. The van der Waals surface area contributed by atoms with Gasteiger partial charge < -0.3 is 14.7 Å². The van der Waals surface area contributed by atoms with Crippen LogP contribution in [-0.4, -0.2) is 37.2 Å². The largest absolute Gasteiger partial charge is 0.496 e. The number of carbonyl (C=O) groups is 1. The molecule has 0 aliphatic carbocycles. The molecule has 1 aromatic rings. The minimum absolute atomic E-state index is 0.210. The molecule has 19 heavy (non-hydrogen) atoms. The van der Waals surface area contributed by atoms with Crippen LogP contribution in [0.1, 0.15) is 30.9 Å². The molecular formula is C14H20BrNO3. The molecule has 0 heterocycles. The highest BCUT2D eigenvalue weighted by Crippen LogP contribution is 2.31. The zero-order chi connectivity index (χ0) is 14.4. The van der Waals surface area contributed by atoms with Gasteiger partial charge in [-0.3, -0.25) is 4.79 Å². The van der Waals surface area contributed by atoms with Gasteiger partial charge in [0, 0.05) is 12.5 Å². The highest BCUT2D eigenvalue weighted by atomic mass is 79.9. The predicted molar refractivity (Wildman–Crippen MR) is 78.6 cm³/mol. The molecular weight excluding hydrogens is 310 g/mol. The second-order valence-electron chi connectivity index (χ2n) is 4.66. The summed E-state index contributed by atoms with van der Waals surface area (Å²) in [6.45, 7) is 0. The normalized spacial score (nSPS) is 12.5. The van der Waals surface area contributed by atoms with Gasteiger partial charge in [-0.2, -0.15) is 0 Å². The Hall–Kier alpha value is -1.07. The van der Waals surface area contributed by atoms with E-state index in [0.717, 1.165) is 22.2 Å². The number of hydrogen-bond donors (Lipinski definition) is 1. The molecule has 0 aromatic heterocycles. The fourth-order valence-electron chi connectivity index (χ4n) is 2.06. The maximum Gasteiger partial charge on any atom is 0.303 e. The van der Waals surface area contributed by atoms with Gasteiger partial charge in [-0.15, -0.1) is 0 Å². The Bertz CT molecular complexity index is 435. The molecule has 0 spiro atoms. The molecule has 1 N–H and O–H groups in total. The van der Waals surface area contributed by atoms with Gasteiger partial charge in [0.2, 0.25) is 0 Å². The number of rotatable bonds is 7. The molecule has 0 aliphatic heterocycles. The van der Waals surface area contributed by atoms with Crippen molar-refractivity contribution in [1.29, 1.82) is 0 Å². The lowest BCUT2D eigenvalue weighted by Gasteiger charge is -2.25. The molecule has 4 nitrogen and oxygen atoms in total. The first-order valence-electron chi connectivity index (χ1n) is 6.17. The van der Waals surface area contributed by atoms with Crippen molar-refractivity contribution in [2.45, 2.75) is 25.3 Å². The topological polar surface area (TPSA) is 49.8 Å². The summed E-state index contributed by atoms with van der Waals surface area (Å²) in [4.78, 5) is 12.7.